The third-order valence-electron chi connectivity index (χ3n) is 1.39. The molecular weight excluding hydrogens is 130 g/mol. The molecule has 1 atom stereocenters. The molecule has 0 saturated carbocycles. The molecule has 0 bridgehead atoms. The van der Waals surface area contributed by atoms with Crippen LogP contribution in [0.4, 0.5) is 0 Å². The van der Waals surface area contributed by atoms with E-state index in [9.17, 15) is 4.79 Å². The van der Waals surface area contributed by atoms with Crippen LogP contribution >= 0.6 is 0 Å². The first-order chi connectivity index (χ1) is 4.72. The smallest absolute Gasteiger partial charge is 0.151 e. The summed E-state index contributed by atoms with van der Waals surface area (Å²) >= 11 is 0. The maximum absolute atomic E-state index is 10.8. The molecule has 1 unspecified atom stereocenters. The largest absolute Gasteiger partial charge is 0.394 e. The molecule has 0 aromatic carbocycles. The third kappa shape index (κ3) is 3.58. The molecule has 0 aromatic rings. The van der Waals surface area contributed by atoms with Gasteiger partial charge in [-0.15, -0.1) is 0 Å². The highest BCUT2D eigenvalue weighted by Gasteiger charge is 2.09. The average Bonchev–Trinajstić information content (AvgIpc) is 1.98. The zero-order chi connectivity index (χ0) is 7.98. The summed E-state index contributed by atoms with van der Waals surface area (Å²) in [6, 6.07) is -0.661. The second-order valence-electron chi connectivity index (χ2n) is 2.36. The molecule has 0 spiro atoms. The first-order valence-corrected chi connectivity index (χ1v) is 3.61. The predicted molar refractivity (Wildman–Crippen MR) is 39.6 cm³/mol. The number of unbranched alkanes of at least 4 members (excludes halogenated alkanes) is 1. The molecule has 3 nitrogen and oxygen atoms in total. The number of Topliss-reactive ketones (excluding diaryl/α,β-unsaturated/α-hetero) is 1. The van der Waals surface area contributed by atoms with Crippen molar-refractivity contribution >= 4 is 5.78 Å². The van der Waals surface area contributed by atoms with Crippen LogP contribution in [0.2, 0.25) is 0 Å². The monoisotopic (exact) mass is 145 g/mol. The molecule has 60 valence electrons. The molecule has 0 radical (unpaired) electrons. The summed E-state index contributed by atoms with van der Waals surface area (Å²) in [6.07, 6.45) is 2.36. The van der Waals surface area contributed by atoms with Crippen molar-refractivity contribution in [1.82, 2.24) is 0 Å². The zero-order valence-corrected chi connectivity index (χ0v) is 6.34. The summed E-state index contributed by atoms with van der Waals surface area (Å²) < 4.78 is 0. The Morgan fingerprint density at radius 2 is 2.30 bits per heavy atom. The van der Waals surface area contributed by atoms with Gasteiger partial charge in [-0.25, -0.2) is 0 Å². The van der Waals surface area contributed by atoms with E-state index >= 15 is 0 Å². The number of nitrogens with two attached hydrogens (primary N) is 1. The molecule has 0 aromatic heterocycles. The number of hydrogen-bond acceptors (Lipinski definition) is 3. The van der Waals surface area contributed by atoms with Crippen LogP contribution in [-0.2, 0) is 4.79 Å². The Labute approximate surface area is 61.2 Å². The maximum Gasteiger partial charge on any atom is 0.151 e. The van der Waals surface area contributed by atoms with Gasteiger partial charge in [0.1, 0.15) is 0 Å². The normalized spacial score (nSPS) is 13.1. The van der Waals surface area contributed by atoms with Crippen LogP contribution in [0.5, 0.6) is 0 Å². The Hall–Kier alpha value is -0.410. The van der Waals surface area contributed by atoms with Crippen LogP contribution in [0.3, 0.4) is 0 Å². The van der Waals surface area contributed by atoms with E-state index in [1.165, 1.54) is 0 Å². The van der Waals surface area contributed by atoms with E-state index in [4.69, 9.17) is 10.8 Å². The summed E-state index contributed by atoms with van der Waals surface area (Å²) in [4.78, 5) is 10.8. The summed E-state index contributed by atoms with van der Waals surface area (Å²) in [6.45, 7) is 1.78. The molecule has 0 saturated heterocycles. The van der Waals surface area contributed by atoms with Crippen molar-refractivity contribution in [3.8, 4) is 0 Å². The molecule has 0 aliphatic rings. The van der Waals surface area contributed by atoms with E-state index in [-0.39, 0.29) is 12.4 Å². The molecule has 3 N–H and O–H groups in total. The van der Waals surface area contributed by atoms with Gasteiger partial charge in [-0.2, -0.15) is 0 Å². The van der Waals surface area contributed by atoms with Crippen LogP contribution in [0.1, 0.15) is 26.2 Å². The highest BCUT2D eigenvalue weighted by molar-refractivity contribution is 5.83. The average molecular weight is 145 g/mol. The number of carbonyl (C=O) groups excluding carboxylic acids is 1. The number of hydrogen-bond donors (Lipinski definition) is 2. The van der Waals surface area contributed by atoms with E-state index < -0.39 is 6.04 Å². The Bertz CT molecular complexity index is 104. The van der Waals surface area contributed by atoms with Gasteiger partial charge < -0.3 is 10.8 Å². The number of rotatable bonds is 5. The molecule has 0 fully saturated rings. The molecule has 3 heteroatoms. The fourth-order valence-electron chi connectivity index (χ4n) is 0.638. The van der Waals surface area contributed by atoms with Gasteiger partial charge in [0.15, 0.2) is 5.78 Å². The van der Waals surface area contributed by atoms with Gasteiger partial charge in [0.2, 0.25) is 0 Å². The molecule has 0 aliphatic carbocycles. The highest BCUT2D eigenvalue weighted by Crippen LogP contribution is 1.96. The summed E-state index contributed by atoms with van der Waals surface area (Å²) in [5, 5.41) is 8.46. The predicted octanol–water partition coefficient (Wildman–Crippen LogP) is 0.0653. The standard InChI is InChI=1S/C7H15NO2/c1-2-3-4-7(10)6(8)5-9/h6,9H,2-5,8H2,1H3. The minimum atomic E-state index is -0.661. The van der Waals surface area contributed by atoms with Crippen molar-refractivity contribution in [3.63, 3.8) is 0 Å². The molecule has 0 aliphatic heterocycles. The zero-order valence-electron chi connectivity index (χ0n) is 6.34. The van der Waals surface area contributed by atoms with Gasteiger partial charge >= 0.3 is 0 Å². The lowest BCUT2D eigenvalue weighted by atomic mass is 10.1. The Morgan fingerprint density at radius 1 is 1.70 bits per heavy atom. The van der Waals surface area contributed by atoms with Gasteiger partial charge in [0.25, 0.3) is 0 Å². The van der Waals surface area contributed by atoms with Crippen LogP contribution in [0.15, 0.2) is 0 Å². The number of aliphatic hydroxyl groups excluding tert-OH is 1. The van der Waals surface area contributed by atoms with Crippen LogP contribution in [0.25, 0.3) is 0 Å². The first kappa shape index (κ1) is 9.59. The van der Waals surface area contributed by atoms with Crippen molar-refractivity contribution in [2.45, 2.75) is 32.2 Å². The molecule has 0 heterocycles. The molecule has 10 heavy (non-hydrogen) atoms. The Morgan fingerprint density at radius 3 is 2.70 bits per heavy atom. The van der Waals surface area contributed by atoms with Gasteiger partial charge in [-0.3, -0.25) is 4.79 Å². The lowest BCUT2D eigenvalue weighted by molar-refractivity contribution is -0.121. The fourth-order valence-corrected chi connectivity index (χ4v) is 0.638. The Balaban J connectivity index is 3.42. The molecule has 0 rings (SSSR count). The van der Waals surface area contributed by atoms with Gasteiger partial charge in [0, 0.05) is 6.42 Å². The summed E-state index contributed by atoms with van der Waals surface area (Å²) in [5.41, 5.74) is 5.26. The van der Waals surface area contributed by atoms with E-state index in [0.717, 1.165) is 12.8 Å². The van der Waals surface area contributed by atoms with Crippen LogP contribution in [0, 0.1) is 0 Å². The van der Waals surface area contributed by atoms with Crippen molar-refractivity contribution in [1.29, 1.82) is 0 Å². The fraction of sp³-hybridized carbons (Fsp3) is 0.857. The van der Waals surface area contributed by atoms with Gasteiger partial charge in [-0.05, 0) is 6.42 Å². The quantitative estimate of drug-likeness (QED) is 0.575. The highest BCUT2D eigenvalue weighted by atomic mass is 16.3. The van der Waals surface area contributed by atoms with Crippen LogP contribution < -0.4 is 5.73 Å². The minimum Gasteiger partial charge on any atom is -0.394 e. The van der Waals surface area contributed by atoms with Gasteiger partial charge in [0.05, 0.1) is 12.6 Å². The number of aliphatic hydroxyl groups is 1. The Kier molecular flexibility index (Phi) is 5.16. The summed E-state index contributed by atoms with van der Waals surface area (Å²) in [7, 11) is 0. The number of carbonyl (C=O) groups is 1. The second kappa shape index (κ2) is 5.38. The van der Waals surface area contributed by atoms with Crippen molar-refractivity contribution in [3.05, 3.63) is 0 Å². The summed E-state index contributed by atoms with van der Waals surface area (Å²) in [5.74, 6) is -0.0376. The lowest BCUT2D eigenvalue weighted by Gasteiger charge is -2.04. The maximum atomic E-state index is 10.8. The molecular formula is C7H15NO2. The molecule has 0 amide bonds. The van der Waals surface area contributed by atoms with Crippen molar-refractivity contribution in [2.75, 3.05) is 6.61 Å². The second-order valence-corrected chi connectivity index (χ2v) is 2.36. The van der Waals surface area contributed by atoms with Gasteiger partial charge in [-0.1, -0.05) is 13.3 Å². The van der Waals surface area contributed by atoms with E-state index in [2.05, 4.69) is 0 Å². The van der Waals surface area contributed by atoms with Crippen molar-refractivity contribution in [2.24, 2.45) is 5.73 Å². The van der Waals surface area contributed by atoms with E-state index in [0.29, 0.717) is 6.42 Å². The van der Waals surface area contributed by atoms with Crippen LogP contribution in [-0.4, -0.2) is 23.5 Å². The number of ketones is 1. The van der Waals surface area contributed by atoms with E-state index in [1.54, 1.807) is 0 Å². The third-order valence-corrected chi connectivity index (χ3v) is 1.39. The lowest BCUT2D eigenvalue weighted by Crippen LogP contribution is -2.33. The first-order valence-electron chi connectivity index (χ1n) is 3.61. The minimum absolute atomic E-state index is 0.0376. The van der Waals surface area contributed by atoms with E-state index in [1.807, 2.05) is 6.92 Å². The topological polar surface area (TPSA) is 63.3 Å². The SMILES string of the molecule is CCCCC(=O)C(N)CO. The van der Waals surface area contributed by atoms with Crippen molar-refractivity contribution < 1.29 is 9.90 Å².